The molecule has 1 N–H and O–H groups in total. The van der Waals surface area contributed by atoms with Gasteiger partial charge in [0.15, 0.2) is 0 Å². The highest BCUT2D eigenvalue weighted by Gasteiger charge is 2.19. The Bertz CT molecular complexity index is 589. The molecule has 0 saturated carbocycles. The van der Waals surface area contributed by atoms with Gasteiger partial charge >= 0.3 is 0 Å². The molecular weight excluding hydrogens is 278 g/mol. The molecule has 2 aromatic carbocycles. The number of rotatable bonds is 5. The van der Waals surface area contributed by atoms with Gasteiger partial charge in [0, 0.05) is 17.0 Å². The molecule has 112 valence electrons. The van der Waals surface area contributed by atoms with Gasteiger partial charge in [0.25, 0.3) is 0 Å². The first-order valence-electron chi connectivity index (χ1n) is 7.50. The van der Waals surface area contributed by atoms with Crippen LogP contribution < -0.4 is 5.32 Å². The maximum Gasteiger partial charge on any atom is 0.0440 e. The van der Waals surface area contributed by atoms with Crippen molar-refractivity contribution in [3.8, 4) is 0 Å². The Kier molecular flexibility index (Phi) is 5.44. The third-order valence-electron chi connectivity index (χ3n) is 4.21. The van der Waals surface area contributed by atoms with Gasteiger partial charge in [0.05, 0.1) is 0 Å². The molecule has 0 aliphatic heterocycles. The average molecular weight is 302 g/mol. The lowest BCUT2D eigenvalue weighted by Crippen LogP contribution is -2.30. The van der Waals surface area contributed by atoms with Crippen LogP contribution >= 0.6 is 11.6 Å². The zero-order valence-electron chi connectivity index (χ0n) is 13.3. The molecule has 0 heterocycles. The van der Waals surface area contributed by atoms with Gasteiger partial charge in [-0.3, -0.25) is 0 Å². The fraction of sp³-hybridized carbons (Fsp3) is 0.368. The van der Waals surface area contributed by atoms with E-state index in [1.165, 1.54) is 22.3 Å². The van der Waals surface area contributed by atoms with Crippen LogP contribution in [-0.2, 0) is 6.42 Å². The standard InChI is InChI=1S/C19H24ClN/c1-13-5-8-16(9-6-13)18(15(3)21-4)12-17-10-7-14(2)11-19(17)20/h5-11,15,18,21H,12H2,1-4H3. The third kappa shape index (κ3) is 4.09. The van der Waals surface area contributed by atoms with E-state index in [9.17, 15) is 0 Å². The molecule has 0 saturated heterocycles. The lowest BCUT2D eigenvalue weighted by molar-refractivity contribution is 0.491. The lowest BCUT2D eigenvalue weighted by Gasteiger charge is -2.25. The number of aryl methyl sites for hydroxylation is 2. The molecule has 2 atom stereocenters. The highest BCUT2D eigenvalue weighted by molar-refractivity contribution is 6.31. The van der Waals surface area contributed by atoms with E-state index >= 15 is 0 Å². The maximum absolute atomic E-state index is 6.41. The topological polar surface area (TPSA) is 12.0 Å². The van der Waals surface area contributed by atoms with Crippen LogP contribution in [-0.4, -0.2) is 13.1 Å². The summed E-state index contributed by atoms with van der Waals surface area (Å²) < 4.78 is 0. The minimum atomic E-state index is 0.394. The predicted octanol–water partition coefficient (Wildman–Crippen LogP) is 4.89. The number of halogens is 1. The SMILES string of the molecule is CNC(C)C(Cc1ccc(C)cc1Cl)c1ccc(C)cc1. The zero-order chi connectivity index (χ0) is 15.4. The molecule has 0 aliphatic carbocycles. The largest absolute Gasteiger partial charge is 0.317 e. The van der Waals surface area contributed by atoms with Gasteiger partial charge in [-0.15, -0.1) is 0 Å². The van der Waals surface area contributed by atoms with E-state index in [0.29, 0.717) is 12.0 Å². The fourth-order valence-electron chi connectivity index (χ4n) is 2.65. The summed E-state index contributed by atoms with van der Waals surface area (Å²) in [5, 5.41) is 4.26. The molecule has 21 heavy (non-hydrogen) atoms. The second-order valence-corrected chi connectivity index (χ2v) is 6.30. The van der Waals surface area contributed by atoms with Crippen LogP contribution in [0.25, 0.3) is 0 Å². The van der Waals surface area contributed by atoms with Crippen molar-refractivity contribution in [2.75, 3.05) is 7.05 Å². The van der Waals surface area contributed by atoms with Gasteiger partial charge in [-0.1, -0.05) is 53.6 Å². The van der Waals surface area contributed by atoms with Gasteiger partial charge < -0.3 is 5.32 Å². The Morgan fingerprint density at radius 2 is 1.62 bits per heavy atom. The highest BCUT2D eigenvalue weighted by Crippen LogP contribution is 2.28. The molecule has 2 aromatic rings. The molecule has 2 unspecified atom stereocenters. The number of nitrogens with one attached hydrogen (secondary N) is 1. The van der Waals surface area contributed by atoms with Crippen molar-refractivity contribution in [3.63, 3.8) is 0 Å². The Hall–Kier alpha value is -1.31. The first-order chi connectivity index (χ1) is 10.0. The molecule has 2 heteroatoms. The van der Waals surface area contributed by atoms with E-state index in [2.05, 4.69) is 62.5 Å². The molecular formula is C19H24ClN. The van der Waals surface area contributed by atoms with Crippen LogP contribution in [0, 0.1) is 13.8 Å². The summed E-state index contributed by atoms with van der Waals surface area (Å²) in [6, 6.07) is 15.6. The van der Waals surface area contributed by atoms with Crippen molar-refractivity contribution in [3.05, 3.63) is 69.7 Å². The molecule has 0 radical (unpaired) electrons. The first kappa shape index (κ1) is 16.1. The lowest BCUT2D eigenvalue weighted by atomic mass is 9.86. The Balaban J connectivity index is 2.30. The van der Waals surface area contributed by atoms with E-state index in [0.717, 1.165) is 11.4 Å². The van der Waals surface area contributed by atoms with E-state index in [-0.39, 0.29) is 0 Å². The molecule has 0 aliphatic rings. The van der Waals surface area contributed by atoms with Crippen LogP contribution in [0.1, 0.15) is 35.1 Å². The summed E-state index contributed by atoms with van der Waals surface area (Å²) >= 11 is 6.41. The molecule has 0 spiro atoms. The number of benzene rings is 2. The number of hydrogen-bond donors (Lipinski definition) is 1. The van der Waals surface area contributed by atoms with Crippen molar-refractivity contribution in [1.82, 2.24) is 5.32 Å². The fourth-order valence-corrected chi connectivity index (χ4v) is 2.97. The Labute approximate surface area is 133 Å². The molecule has 0 amide bonds. The van der Waals surface area contributed by atoms with Gasteiger partial charge in [0.2, 0.25) is 0 Å². The van der Waals surface area contributed by atoms with Gasteiger partial charge in [-0.2, -0.15) is 0 Å². The third-order valence-corrected chi connectivity index (χ3v) is 4.56. The van der Waals surface area contributed by atoms with Gasteiger partial charge in [-0.25, -0.2) is 0 Å². The van der Waals surface area contributed by atoms with E-state index in [1.54, 1.807) is 0 Å². The van der Waals surface area contributed by atoms with Crippen LogP contribution in [0.3, 0.4) is 0 Å². The number of hydrogen-bond acceptors (Lipinski definition) is 1. The van der Waals surface area contributed by atoms with Crippen molar-refractivity contribution >= 4 is 11.6 Å². The highest BCUT2D eigenvalue weighted by atomic mass is 35.5. The maximum atomic E-state index is 6.41. The van der Waals surface area contributed by atoms with Crippen LogP contribution in [0.4, 0.5) is 0 Å². The van der Waals surface area contributed by atoms with Crippen molar-refractivity contribution in [2.45, 2.75) is 39.2 Å². The summed E-state index contributed by atoms with van der Waals surface area (Å²) in [6.07, 6.45) is 0.949. The van der Waals surface area contributed by atoms with Crippen LogP contribution in [0.5, 0.6) is 0 Å². The smallest absolute Gasteiger partial charge is 0.0440 e. The van der Waals surface area contributed by atoms with E-state index < -0.39 is 0 Å². The summed E-state index contributed by atoms with van der Waals surface area (Å²) in [4.78, 5) is 0. The normalized spacial score (nSPS) is 14.0. The van der Waals surface area contributed by atoms with E-state index in [4.69, 9.17) is 11.6 Å². The van der Waals surface area contributed by atoms with Crippen molar-refractivity contribution in [1.29, 1.82) is 0 Å². The van der Waals surface area contributed by atoms with Crippen LogP contribution in [0.2, 0.25) is 5.02 Å². The summed E-state index contributed by atoms with van der Waals surface area (Å²) in [6.45, 7) is 6.42. The van der Waals surface area contributed by atoms with Gasteiger partial charge in [-0.05, 0) is 57.0 Å². The first-order valence-corrected chi connectivity index (χ1v) is 7.88. The predicted molar refractivity (Wildman–Crippen MR) is 92.3 cm³/mol. The summed E-state index contributed by atoms with van der Waals surface area (Å²) in [7, 11) is 2.02. The van der Waals surface area contributed by atoms with Crippen molar-refractivity contribution in [2.24, 2.45) is 0 Å². The Morgan fingerprint density at radius 1 is 1.00 bits per heavy atom. The quantitative estimate of drug-likeness (QED) is 0.829. The number of likely N-dealkylation sites (N-methyl/N-ethyl adjacent to an activating group) is 1. The minimum Gasteiger partial charge on any atom is -0.317 e. The molecule has 1 nitrogen and oxygen atoms in total. The van der Waals surface area contributed by atoms with E-state index in [1.807, 2.05) is 13.1 Å². The molecule has 2 rings (SSSR count). The van der Waals surface area contributed by atoms with Crippen LogP contribution in [0.15, 0.2) is 42.5 Å². The Morgan fingerprint density at radius 3 is 2.19 bits per heavy atom. The van der Waals surface area contributed by atoms with Crippen molar-refractivity contribution < 1.29 is 0 Å². The minimum absolute atomic E-state index is 0.394. The molecule has 0 bridgehead atoms. The summed E-state index contributed by atoms with van der Waals surface area (Å²) in [5.41, 5.74) is 5.08. The molecule has 0 aromatic heterocycles. The summed E-state index contributed by atoms with van der Waals surface area (Å²) in [5.74, 6) is 0.413. The average Bonchev–Trinajstić information content (AvgIpc) is 2.47. The zero-order valence-corrected chi connectivity index (χ0v) is 14.0. The monoisotopic (exact) mass is 301 g/mol. The van der Waals surface area contributed by atoms with Gasteiger partial charge in [0.1, 0.15) is 0 Å². The second-order valence-electron chi connectivity index (χ2n) is 5.89. The molecule has 0 fully saturated rings. The second kappa shape index (κ2) is 7.11.